The standard InChI is InChI=1S/C2H6S2.CH3NO2.H2O3S/c1-3-4-2;2-1(3)4;1-4(2)3/h1-2H3;2H2,(H,3,4);(H2,1,2,3)/p-1. The van der Waals surface area contributed by atoms with E-state index < -0.39 is 17.5 Å². The molecule has 9 heteroatoms. The van der Waals surface area contributed by atoms with Gasteiger partial charge in [0.2, 0.25) is 0 Å². The Balaban J connectivity index is -0.000000101. The van der Waals surface area contributed by atoms with Crippen molar-refractivity contribution in [1.29, 1.82) is 0 Å². The van der Waals surface area contributed by atoms with Crippen molar-refractivity contribution in [2.75, 3.05) is 12.5 Å². The van der Waals surface area contributed by atoms with Crippen molar-refractivity contribution in [2.45, 2.75) is 0 Å². The molecule has 12 heavy (non-hydrogen) atoms. The smallest absolute Gasteiger partial charge is 0.402 e. The van der Waals surface area contributed by atoms with Crippen LogP contribution in [-0.4, -0.2) is 37.0 Å². The lowest BCUT2D eigenvalue weighted by Gasteiger charge is -1.83. The normalized spacial score (nSPS) is 9.67. The van der Waals surface area contributed by atoms with Gasteiger partial charge >= 0.3 is 6.09 Å². The fourth-order valence-electron chi connectivity index (χ4n) is 0. The first-order valence-electron chi connectivity index (χ1n) is 2.22. The van der Waals surface area contributed by atoms with Gasteiger partial charge in [-0.25, -0.2) is 9.00 Å². The Morgan fingerprint density at radius 2 is 1.58 bits per heavy atom. The first kappa shape index (κ1) is 18.0. The summed E-state index contributed by atoms with van der Waals surface area (Å²) in [4.78, 5) is 8.78. The zero-order valence-electron chi connectivity index (χ0n) is 6.42. The number of hydrogen-bond acceptors (Lipinski definition) is 5. The third kappa shape index (κ3) is 759. The highest BCUT2D eigenvalue weighted by molar-refractivity contribution is 8.76. The summed E-state index contributed by atoms with van der Waals surface area (Å²) in [7, 11) is 3.55. The molecule has 0 aliphatic carbocycles. The Kier molecular flexibility index (Phi) is 25.8. The van der Waals surface area contributed by atoms with Crippen LogP contribution in [0.3, 0.4) is 0 Å². The molecule has 0 aromatic carbocycles. The largest absolute Gasteiger partial charge is 0.750 e. The summed E-state index contributed by atoms with van der Waals surface area (Å²) in [5, 5.41) is 7.19. The molecule has 4 N–H and O–H groups in total. The Labute approximate surface area is 80.8 Å². The molecule has 1 amide bonds. The van der Waals surface area contributed by atoms with E-state index in [2.05, 4.69) is 18.2 Å². The summed E-state index contributed by atoms with van der Waals surface area (Å²) in [6.45, 7) is 0. The molecule has 0 aliphatic rings. The lowest BCUT2D eigenvalue weighted by molar-refractivity contribution is 0.205. The van der Waals surface area contributed by atoms with E-state index in [0.717, 1.165) is 0 Å². The van der Waals surface area contributed by atoms with Crippen LogP contribution in [0.2, 0.25) is 0 Å². The van der Waals surface area contributed by atoms with Crippen LogP contribution in [0.4, 0.5) is 4.79 Å². The van der Waals surface area contributed by atoms with Crippen LogP contribution in [0.15, 0.2) is 0 Å². The van der Waals surface area contributed by atoms with Gasteiger partial charge in [-0.1, -0.05) is 21.6 Å². The van der Waals surface area contributed by atoms with E-state index in [1.165, 1.54) is 0 Å². The molecule has 0 spiro atoms. The maximum atomic E-state index is 8.78. The molecule has 0 aromatic heterocycles. The van der Waals surface area contributed by atoms with E-state index in [-0.39, 0.29) is 0 Å². The summed E-state index contributed by atoms with van der Waals surface area (Å²) in [5.41, 5.74) is 4.03. The summed E-state index contributed by atoms with van der Waals surface area (Å²) >= 11 is -2.86. The van der Waals surface area contributed by atoms with Crippen LogP contribution < -0.4 is 5.73 Å². The second-order valence-electron chi connectivity index (χ2n) is 0.889. The van der Waals surface area contributed by atoms with Gasteiger partial charge in [0.15, 0.2) is 0 Å². The Hall–Kier alpha value is 0.0400. The molecule has 0 aromatic rings. The Morgan fingerprint density at radius 3 is 1.58 bits per heavy atom. The van der Waals surface area contributed by atoms with Crippen LogP contribution in [0, 0.1) is 0 Å². The van der Waals surface area contributed by atoms with Crippen LogP contribution >= 0.6 is 21.6 Å². The number of rotatable bonds is 1. The van der Waals surface area contributed by atoms with Crippen molar-refractivity contribution < 1.29 is 23.2 Å². The van der Waals surface area contributed by atoms with E-state index in [4.69, 9.17) is 23.2 Å². The minimum absolute atomic E-state index is 1.33. The summed E-state index contributed by atoms with van der Waals surface area (Å²) in [5.74, 6) is 0. The number of hydrogen-bond donors (Lipinski definition) is 3. The van der Waals surface area contributed by atoms with Crippen molar-refractivity contribution in [3.8, 4) is 0 Å². The lowest BCUT2D eigenvalue weighted by Crippen LogP contribution is -2.03. The van der Waals surface area contributed by atoms with Gasteiger partial charge in [-0.2, -0.15) is 0 Å². The minimum atomic E-state index is -2.86. The van der Waals surface area contributed by atoms with Gasteiger partial charge in [0.25, 0.3) is 0 Å². The molecule has 76 valence electrons. The summed E-state index contributed by atoms with van der Waals surface area (Å²) in [6.07, 6.45) is 2.79. The topological polar surface area (TPSA) is 124 Å². The molecule has 0 saturated carbocycles. The predicted molar refractivity (Wildman–Crippen MR) is 50.8 cm³/mol. The molecule has 6 nitrogen and oxygen atoms in total. The fourth-order valence-corrected chi connectivity index (χ4v) is 0. The Bertz CT molecular complexity index is 98.5. The number of nitrogens with two attached hydrogens (primary N) is 1. The summed E-state index contributed by atoms with van der Waals surface area (Å²) in [6, 6.07) is 0. The van der Waals surface area contributed by atoms with Crippen molar-refractivity contribution in [3.05, 3.63) is 0 Å². The molecule has 0 radical (unpaired) electrons. The predicted octanol–water partition coefficient (Wildman–Crippen LogP) is 0.589. The molecule has 0 aliphatic heterocycles. The van der Waals surface area contributed by atoms with Crippen molar-refractivity contribution in [1.82, 2.24) is 0 Å². The zero-order valence-corrected chi connectivity index (χ0v) is 8.87. The number of carboxylic acid groups (broad SMARTS) is 1. The molecular formula is C3H10NO5S3-. The second kappa shape index (κ2) is 17.2. The maximum Gasteiger partial charge on any atom is 0.402 e. The average molecular weight is 236 g/mol. The third-order valence-electron chi connectivity index (χ3n) is 0.167. The first-order valence-corrected chi connectivity index (χ1v) is 6.21. The maximum absolute atomic E-state index is 8.78. The zero-order chi connectivity index (χ0) is 10.6. The number of amides is 1. The fraction of sp³-hybridized carbons (Fsp3) is 0.667. The molecule has 1 atom stereocenters. The van der Waals surface area contributed by atoms with Gasteiger partial charge in [-0.05, 0) is 12.5 Å². The SMILES string of the molecule is CSSC.NC(=O)O.O=S([O-])O. The Morgan fingerprint density at radius 1 is 1.50 bits per heavy atom. The molecular weight excluding hydrogens is 226 g/mol. The second-order valence-corrected chi connectivity index (χ2v) is 3.99. The highest BCUT2D eigenvalue weighted by atomic mass is 33.1. The molecule has 0 heterocycles. The van der Waals surface area contributed by atoms with Gasteiger partial charge in [0, 0.05) is 0 Å². The van der Waals surface area contributed by atoms with Gasteiger partial charge in [0.1, 0.15) is 0 Å². The minimum Gasteiger partial charge on any atom is -0.750 e. The van der Waals surface area contributed by atoms with E-state index in [0.29, 0.717) is 0 Å². The van der Waals surface area contributed by atoms with Crippen molar-refractivity contribution in [3.63, 3.8) is 0 Å². The molecule has 0 bridgehead atoms. The van der Waals surface area contributed by atoms with Gasteiger partial charge in [-0.3, -0.25) is 0 Å². The van der Waals surface area contributed by atoms with E-state index in [9.17, 15) is 0 Å². The monoisotopic (exact) mass is 236 g/mol. The highest BCUT2D eigenvalue weighted by Gasteiger charge is 1.65. The molecule has 1 unspecified atom stereocenters. The first-order chi connectivity index (χ1) is 5.38. The average Bonchev–Trinajstić information content (AvgIpc) is 1.85. The quantitative estimate of drug-likeness (QED) is 0.449. The van der Waals surface area contributed by atoms with E-state index in [1.54, 1.807) is 21.6 Å². The van der Waals surface area contributed by atoms with Gasteiger partial charge in [0.05, 0.1) is 11.4 Å². The number of primary amides is 1. The van der Waals surface area contributed by atoms with Crippen LogP contribution in [0.1, 0.15) is 0 Å². The lowest BCUT2D eigenvalue weighted by atomic mass is 11.3. The number of carbonyl (C=O) groups is 1. The molecule has 0 saturated heterocycles. The van der Waals surface area contributed by atoms with Gasteiger partial charge in [-0.15, -0.1) is 0 Å². The van der Waals surface area contributed by atoms with E-state index in [1.807, 2.05) is 0 Å². The molecule has 0 rings (SSSR count). The van der Waals surface area contributed by atoms with Crippen LogP contribution in [-0.2, 0) is 11.4 Å². The van der Waals surface area contributed by atoms with Crippen LogP contribution in [0.5, 0.6) is 0 Å². The van der Waals surface area contributed by atoms with E-state index >= 15 is 0 Å². The highest BCUT2D eigenvalue weighted by Crippen LogP contribution is 2.09. The van der Waals surface area contributed by atoms with Gasteiger partial charge < -0.3 is 19.9 Å². The third-order valence-corrected chi connectivity index (χ3v) is 1.50. The summed E-state index contributed by atoms with van der Waals surface area (Å²) < 4.78 is 24.1. The van der Waals surface area contributed by atoms with Crippen LogP contribution in [0.25, 0.3) is 0 Å². The molecule has 0 fully saturated rings. The van der Waals surface area contributed by atoms with Crippen molar-refractivity contribution >= 4 is 39.0 Å². The van der Waals surface area contributed by atoms with Crippen molar-refractivity contribution in [2.24, 2.45) is 5.73 Å².